The zero-order valence-corrected chi connectivity index (χ0v) is 15.0. The number of carboxylic acid groups (broad SMARTS) is 1. The van der Waals surface area contributed by atoms with E-state index in [1.165, 1.54) is 11.3 Å². The van der Waals surface area contributed by atoms with Crippen molar-refractivity contribution in [2.24, 2.45) is 11.8 Å². The number of hydrogen-bond donors (Lipinski definition) is 1. The zero-order chi connectivity index (χ0) is 17.8. The normalized spacial score (nSPS) is 20.2. The summed E-state index contributed by atoms with van der Waals surface area (Å²) in [4.78, 5) is 29.6. The molecule has 1 amide bonds. The topological polar surface area (TPSA) is 82.1 Å². The highest BCUT2D eigenvalue weighted by Crippen LogP contribution is 2.34. The Kier molecular flexibility index (Phi) is 5.48. The van der Waals surface area contributed by atoms with Crippen LogP contribution in [0.15, 0.2) is 30.3 Å². The fourth-order valence-corrected chi connectivity index (χ4v) is 4.32. The number of benzene rings is 1. The van der Waals surface area contributed by atoms with Gasteiger partial charge in [0.1, 0.15) is 0 Å². The predicted octanol–water partition coefficient (Wildman–Crippen LogP) is 2.87. The van der Waals surface area contributed by atoms with Gasteiger partial charge in [-0.3, -0.25) is 4.79 Å². The van der Waals surface area contributed by atoms with Gasteiger partial charge in [0.2, 0.25) is 5.91 Å². The molecular formula is C19H21N2O3S-. The minimum absolute atomic E-state index is 0.259. The molecule has 132 valence electrons. The molecule has 0 unspecified atom stereocenters. The number of anilines is 1. The summed E-state index contributed by atoms with van der Waals surface area (Å²) < 4.78 is 0. The Morgan fingerprint density at radius 1 is 1.20 bits per heavy atom. The van der Waals surface area contributed by atoms with Crippen LogP contribution in [-0.4, -0.2) is 16.9 Å². The number of hydrogen-bond acceptors (Lipinski definition) is 5. The Morgan fingerprint density at radius 2 is 1.88 bits per heavy atom. The van der Waals surface area contributed by atoms with Gasteiger partial charge in [0.15, 0.2) is 5.13 Å². The average molecular weight is 357 g/mol. The Hall–Kier alpha value is -2.21. The lowest BCUT2D eigenvalue weighted by molar-refractivity contribution is -0.313. The van der Waals surface area contributed by atoms with E-state index in [1.54, 1.807) is 0 Å². The van der Waals surface area contributed by atoms with Crippen molar-refractivity contribution in [2.75, 3.05) is 5.32 Å². The second kappa shape index (κ2) is 7.78. The Bertz CT molecular complexity index is 757. The van der Waals surface area contributed by atoms with E-state index < -0.39 is 17.8 Å². The number of aryl methyl sites for hydroxylation is 1. The van der Waals surface area contributed by atoms with E-state index in [0.717, 1.165) is 35.4 Å². The predicted molar refractivity (Wildman–Crippen MR) is 96.0 cm³/mol. The average Bonchev–Trinajstić information content (AvgIpc) is 3.05. The van der Waals surface area contributed by atoms with Gasteiger partial charge in [0, 0.05) is 28.2 Å². The number of nitrogens with zero attached hydrogens (tertiary/aromatic N) is 1. The van der Waals surface area contributed by atoms with Crippen LogP contribution < -0.4 is 10.4 Å². The van der Waals surface area contributed by atoms with Gasteiger partial charge < -0.3 is 15.2 Å². The molecule has 1 heterocycles. The van der Waals surface area contributed by atoms with E-state index in [-0.39, 0.29) is 5.91 Å². The molecule has 0 saturated heterocycles. The van der Waals surface area contributed by atoms with E-state index in [9.17, 15) is 14.7 Å². The second-order valence-corrected chi connectivity index (χ2v) is 7.40. The van der Waals surface area contributed by atoms with Crippen molar-refractivity contribution < 1.29 is 14.7 Å². The number of carboxylic acids is 1. The molecule has 0 spiro atoms. The molecule has 2 aromatic rings. The second-order valence-electron chi connectivity index (χ2n) is 6.32. The van der Waals surface area contributed by atoms with Crippen molar-refractivity contribution >= 4 is 28.3 Å². The molecule has 0 aliphatic heterocycles. The van der Waals surface area contributed by atoms with Crippen molar-refractivity contribution in [1.82, 2.24) is 4.98 Å². The molecular weight excluding hydrogens is 336 g/mol. The lowest BCUT2D eigenvalue weighted by Gasteiger charge is -2.30. The zero-order valence-electron chi connectivity index (χ0n) is 14.2. The highest BCUT2D eigenvalue weighted by molar-refractivity contribution is 7.16. The lowest BCUT2D eigenvalue weighted by atomic mass is 9.79. The summed E-state index contributed by atoms with van der Waals surface area (Å²) in [6.45, 7) is 2.05. The molecule has 0 radical (unpaired) electrons. The molecule has 1 aromatic carbocycles. The molecule has 5 nitrogen and oxygen atoms in total. The summed E-state index contributed by atoms with van der Waals surface area (Å²) in [5.74, 6) is -2.62. The first-order chi connectivity index (χ1) is 12.1. The van der Waals surface area contributed by atoms with Crippen molar-refractivity contribution in [3.63, 3.8) is 0 Å². The molecule has 1 aromatic heterocycles. The highest BCUT2D eigenvalue weighted by atomic mass is 32.1. The van der Waals surface area contributed by atoms with E-state index in [2.05, 4.69) is 17.2 Å². The van der Waals surface area contributed by atoms with Crippen molar-refractivity contribution in [3.05, 3.63) is 35.2 Å². The van der Waals surface area contributed by atoms with Crippen LogP contribution >= 0.6 is 11.3 Å². The minimum atomic E-state index is -1.13. The smallest absolute Gasteiger partial charge is 0.229 e. The quantitative estimate of drug-likeness (QED) is 0.892. The van der Waals surface area contributed by atoms with Crippen LogP contribution in [0.2, 0.25) is 0 Å². The van der Waals surface area contributed by atoms with Gasteiger partial charge in [-0.25, -0.2) is 4.98 Å². The maximum atomic E-state index is 12.6. The number of carbonyl (C=O) groups excluding carboxylic acids is 2. The first-order valence-electron chi connectivity index (χ1n) is 8.67. The van der Waals surface area contributed by atoms with Crippen LogP contribution in [0.3, 0.4) is 0 Å². The summed E-state index contributed by atoms with van der Waals surface area (Å²) in [5.41, 5.74) is 1.89. The number of aliphatic carboxylic acids is 1. The number of amides is 1. The first-order valence-corrected chi connectivity index (χ1v) is 9.48. The molecule has 25 heavy (non-hydrogen) atoms. The SMILES string of the molecule is CCc1sc(NC(=O)[C@H]2CCCC[C@H]2C(=O)[O-])nc1-c1ccccc1. The number of carbonyl (C=O) groups is 2. The van der Waals surface area contributed by atoms with Gasteiger partial charge in [-0.15, -0.1) is 11.3 Å². The summed E-state index contributed by atoms with van der Waals surface area (Å²) >= 11 is 1.45. The monoisotopic (exact) mass is 357 g/mol. The molecule has 0 bridgehead atoms. The largest absolute Gasteiger partial charge is 0.550 e. The summed E-state index contributed by atoms with van der Waals surface area (Å²) in [5, 5.41) is 14.7. The van der Waals surface area contributed by atoms with E-state index >= 15 is 0 Å². The number of nitrogens with one attached hydrogen (secondary N) is 1. The van der Waals surface area contributed by atoms with Crippen molar-refractivity contribution in [2.45, 2.75) is 39.0 Å². The first kappa shape index (κ1) is 17.6. The molecule has 1 N–H and O–H groups in total. The van der Waals surface area contributed by atoms with Crippen molar-refractivity contribution in [3.8, 4) is 11.3 Å². The maximum absolute atomic E-state index is 12.6. The Balaban J connectivity index is 1.80. The molecule has 3 rings (SSSR count). The highest BCUT2D eigenvalue weighted by Gasteiger charge is 2.32. The van der Waals surface area contributed by atoms with Crippen LogP contribution in [0.5, 0.6) is 0 Å². The number of rotatable bonds is 5. The molecule has 1 aliphatic carbocycles. The summed E-state index contributed by atoms with van der Waals surface area (Å²) in [6, 6.07) is 9.85. The van der Waals surface area contributed by atoms with Crippen LogP contribution in [0.4, 0.5) is 5.13 Å². The van der Waals surface area contributed by atoms with Gasteiger partial charge in [-0.05, 0) is 19.3 Å². The van der Waals surface area contributed by atoms with Gasteiger partial charge in [-0.1, -0.05) is 50.1 Å². The van der Waals surface area contributed by atoms with Gasteiger partial charge in [0.05, 0.1) is 5.69 Å². The summed E-state index contributed by atoms with van der Waals surface area (Å²) in [6.07, 6.45) is 3.62. The third-order valence-electron chi connectivity index (χ3n) is 4.70. The van der Waals surface area contributed by atoms with E-state index in [1.807, 2.05) is 30.3 Å². The van der Waals surface area contributed by atoms with Crippen LogP contribution in [0.25, 0.3) is 11.3 Å². The Labute approximate surface area is 151 Å². The lowest BCUT2D eigenvalue weighted by Crippen LogP contribution is -2.42. The molecule has 6 heteroatoms. The standard InChI is InChI=1S/C19H22N2O3S/c1-2-15-16(12-8-4-3-5-9-12)20-19(25-15)21-17(22)13-10-6-7-11-14(13)18(23)24/h3-5,8-9,13-14H,2,6-7,10-11H2,1H3,(H,23,24)(H,20,21,22)/p-1/t13-,14+/m0/s1. The molecule has 1 saturated carbocycles. The van der Waals surface area contributed by atoms with Crippen LogP contribution in [0, 0.1) is 11.8 Å². The maximum Gasteiger partial charge on any atom is 0.229 e. The molecule has 1 fully saturated rings. The third kappa shape index (κ3) is 3.90. The van der Waals surface area contributed by atoms with Crippen molar-refractivity contribution in [1.29, 1.82) is 0 Å². The van der Waals surface area contributed by atoms with E-state index in [0.29, 0.717) is 18.0 Å². The number of aromatic nitrogens is 1. The van der Waals surface area contributed by atoms with Crippen LogP contribution in [0.1, 0.15) is 37.5 Å². The number of thiazole rings is 1. The van der Waals surface area contributed by atoms with Gasteiger partial charge in [0.25, 0.3) is 0 Å². The third-order valence-corrected chi connectivity index (χ3v) is 5.82. The summed E-state index contributed by atoms with van der Waals surface area (Å²) in [7, 11) is 0. The minimum Gasteiger partial charge on any atom is -0.550 e. The molecule has 1 aliphatic rings. The van der Waals surface area contributed by atoms with Gasteiger partial charge >= 0.3 is 0 Å². The fourth-order valence-electron chi connectivity index (χ4n) is 3.39. The van der Waals surface area contributed by atoms with Gasteiger partial charge in [-0.2, -0.15) is 0 Å². The van der Waals surface area contributed by atoms with E-state index in [4.69, 9.17) is 0 Å². The van der Waals surface area contributed by atoms with Crippen LogP contribution in [-0.2, 0) is 16.0 Å². The molecule has 2 atom stereocenters. The fraction of sp³-hybridized carbons (Fsp3) is 0.421. The Morgan fingerprint density at radius 3 is 2.52 bits per heavy atom.